The Bertz CT molecular complexity index is 881. The van der Waals surface area contributed by atoms with Crippen molar-refractivity contribution in [2.75, 3.05) is 13.6 Å². The van der Waals surface area contributed by atoms with Gasteiger partial charge in [0.25, 0.3) is 0 Å². The molecule has 0 aliphatic heterocycles. The number of nitrogens with zero attached hydrogens (tertiary/aromatic N) is 1. The molecule has 0 bridgehead atoms. The fourth-order valence-electron chi connectivity index (χ4n) is 2.85. The van der Waals surface area contributed by atoms with Crippen LogP contribution >= 0.6 is 11.3 Å². The van der Waals surface area contributed by atoms with Crippen molar-refractivity contribution < 1.29 is 13.6 Å². The van der Waals surface area contributed by atoms with E-state index >= 15 is 0 Å². The van der Waals surface area contributed by atoms with Crippen LogP contribution in [0.15, 0.2) is 66.0 Å². The lowest BCUT2D eigenvalue weighted by atomic mass is 10.1. The summed E-state index contributed by atoms with van der Waals surface area (Å²) in [7, 11) is 1.77. The number of likely N-dealkylation sites (N-methyl/N-ethyl adjacent to an activating group) is 1. The molecule has 0 spiro atoms. The van der Waals surface area contributed by atoms with Crippen LogP contribution in [-0.4, -0.2) is 24.4 Å². The first kappa shape index (κ1) is 19.2. The summed E-state index contributed by atoms with van der Waals surface area (Å²) in [6, 6.07) is 16.1. The standard InChI is InChI=1S/C21H20F2N2OS/c1-25(13-16-5-2-3-6-18(16)23)14-20(26)24-21(19-7-4-12-27-19)15-8-10-17(22)11-9-15/h2-12,21H,13-14H2,1H3,(H,24,26). The minimum atomic E-state index is -0.347. The molecule has 0 saturated carbocycles. The van der Waals surface area contributed by atoms with Crippen LogP contribution < -0.4 is 5.32 Å². The molecule has 0 aliphatic rings. The summed E-state index contributed by atoms with van der Waals surface area (Å²) in [6.07, 6.45) is 0. The molecule has 1 N–H and O–H groups in total. The number of benzene rings is 2. The Balaban J connectivity index is 1.67. The molecule has 1 atom stereocenters. The molecule has 1 unspecified atom stereocenters. The quantitative estimate of drug-likeness (QED) is 0.654. The highest BCUT2D eigenvalue weighted by Crippen LogP contribution is 2.26. The third-order valence-electron chi connectivity index (χ3n) is 4.15. The van der Waals surface area contributed by atoms with Crippen LogP contribution in [0.25, 0.3) is 0 Å². The van der Waals surface area contributed by atoms with Crippen LogP contribution in [0.3, 0.4) is 0 Å². The Hall–Kier alpha value is -2.57. The van der Waals surface area contributed by atoms with Crippen molar-refractivity contribution in [3.63, 3.8) is 0 Å². The van der Waals surface area contributed by atoms with Crippen LogP contribution in [0.2, 0.25) is 0 Å². The Kier molecular flexibility index (Phi) is 6.32. The minimum absolute atomic E-state index is 0.122. The van der Waals surface area contributed by atoms with Gasteiger partial charge in [0.05, 0.1) is 12.6 Å². The highest BCUT2D eigenvalue weighted by molar-refractivity contribution is 7.10. The predicted octanol–water partition coefficient (Wildman–Crippen LogP) is 4.36. The van der Waals surface area contributed by atoms with E-state index in [-0.39, 0.29) is 30.1 Å². The molecule has 6 heteroatoms. The van der Waals surface area contributed by atoms with Crippen molar-refractivity contribution in [3.05, 3.63) is 93.7 Å². The van der Waals surface area contributed by atoms with Gasteiger partial charge in [-0.1, -0.05) is 36.4 Å². The number of hydrogen-bond donors (Lipinski definition) is 1. The molecule has 1 amide bonds. The fourth-order valence-corrected chi connectivity index (χ4v) is 3.66. The van der Waals surface area contributed by atoms with Gasteiger partial charge in [-0.05, 0) is 42.3 Å². The zero-order valence-corrected chi connectivity index (χ0v) is 15.7. The Labute approximate surface area is 161 Å². The number of carbonyl (C=O) groups is 1. The number of halogens is 2. The van der Waals surface area contributed by atoms with E-state index in [1.54, 1.807) is 42.3 Å². The van der Waals surface area contributed by atoms with E-state index in [1.165, 1.54) is 29.5 Å². The highest BCUT2D eigenvalue weighted by atomic mass is 32.1. The van der Waals surface area contributed by atoms with Crippen LogP contribution in [0.5, 0.6) is 0 Å². The van der Waals surface area contributed by atoms with Gasteiger partial charge in [0.1, 0.15) is 11.6 Å². The molecule has 140 valence electrons. The van der Waals surface area contributed by atoms with Gasteiger partial charge in [0.2, 0.25) is 5.91 Å². The third-order valence-corrected chi connectivity index (χ3v) is 5.09. The number of nitrogens with one attached hydrogen (secondary N) is 1. The maximum Gasteiger partial charge on any atom is 0.234 e. The van der Waals surface area contributed by atoms with Gasteiger partial charge in [0.15, 0.2) is 0 Å². The molecule has 1 aromatic heterocycles. The molecule has 27 heavy (non-hydrogen) atoms. The smallest absolute Gasteiger partial charge is 0.234 e. The van der Waals surface area contributed by atoms with Crippen LogP contribution in [0, 0.1) is 11.6 Å². The first-order valence-corrected chi connectivity index (χ1v) is 9.41. The summed E-state index contributed by atoms with van der Waals surface area (Å²) in [5, 5.41) is 4.93. The van der Waals surface area contributed by atoms with Gasteiger partial charge in [-0.2, -0.15) is 0 Å². The molecule has 3 nitrogen and oxygen atoms in total. The van der Waals surface area contributed by atoms with E-state index < -0.39 is 0 Å². The molecule has 0 radical (unpaired) electrons. The molecule has 0 aliphatic carbocycles. The first-order chi connectivity index (χ1) is 13.0. The lowest BCUT2D eigenvalue weighted by Gasteiger charge is -2.21. The van der Waals surface area contributed by atoms with Gasteiger partial charge < -0.3 is 5.32 Å². The molecule has 3 rings (SSSR count). The Morgan fingerprint density at radius 2 is 1.81 bits per heavy atom. The van der Waals surface area contributed by atoms with Crippen LogP contribution in [0.4, 0.5) is 8.78 Å². The van der Waals surface area contributed by atoms with Crippen molar-refractivity contribution in [2.24, 2.45) is 0 Å². The number of hydrogen-bond acceptors (Lipinski definition) is 3. The van der Waals surface area contributed by atoms with Crippen LogP contribution in [-0.2, 0) is 11.3 Å². The van der Waals surface area contributed by atoms with E-state index in [9.17, 15) is 13.6 Å². The fraction of sp³-hybridized carbons (Fsp3) is 0.190. The van der Waals surface area contributed by atoms with Crippen molar-refractivity contribution in [1.29, 1.82) is 0 Å². The lowest BCUT2D eigenvalue weighted by molar-refractivity contribution is -0.122. The van der Waals surface area contributed by atoms with Crippen LogP contribution in [0.1, 0.15) is 22.0 Å². The normalized spacial score (nSPS) is 12.1. The minimum Gasteiger partial charge on any atom is -0.343 e. The average Bonchev–Trinajstić information content (AvgIpc) is 3.17. The lowest BCUT2D eigenvalue weighted by Crippen LogP contribution is -2.37. The highest BCUT2D eigenvalue weighted by Gasteiger charge is 2.19. The number of thiophene rings is 1. The van der Waals surface area contributed by atoms with Gasteiger partial charge in [-0.25, -0.2) is 8.78 Å². The first-order valence-electron chi connectivity index (χ1n) is 8.53. The van der Waals surface area contributed by atoms with Crippen molar-refractivity contribution in [2.45, 2.75) is 12.6 Å². The molecular formula is C21H20F2N2OS. The number of amides is 1. The second-order valence-electron chi connectivity index (χ2n) is 6.33. The number of carbonyl (C=O) groups excluding carboxylic acids is 1. The van der Waals surface area contributed by atoms with Gasteiger partial charge >= 0.3 is 0 Å². The Morgan fingerprint density at radius 1 is 1.07 bits per heavy atom. The summed E-state index contributed by atoms with van der Waals surface area (Å²) in [5.41, 5.74) is 1.35. The van der Waals surface area contributed by atoms with Gasteiger partial charge in [0, 0.05) is 17.0 Å². The second kappa shape index (κ2) is 8.88. The summed E-state index contributed by atoms with van der Waals surface area (Å²) >= 11 is 1.52. The van der Waals surface area contributed by atoms with Crippen molar-refractivity contribution in [3.8, 4) is 0 Å². The summed E-state index contributed by atoms with van der Waals surface area (Å²) in [4.78, 5) is 15.3. The van der Waals surface area contributed by atoms with E-state index in [2.05, 4.69) is 5.32 Å². The summed E-state index contributed by atoms with van der Waals surface area (Å²) in [6.45, 7) is 0.456. The Morgan fingerprint density at radius 3 is 2.48 bits per heavy atom. The van der Waals surface area contributed by atoms with Gasteiger partial charge in [-0.3, -0.25) is 9.69 Å². The zero-order valence-electron chi connectivity index (χ0n) is 14.9. The van der Waals surface area contributed by atoms with Crippen molar-refractivity contribution >= 4 is 17.2 Å². The van der Waals surface area contributed by atoms with E-state index in [4.69, 9.17) is 0 Å². The monoisotopic (exact) mass is 386 g/mol. The molecule has 3 aromatic rings. The van der Waals surface area contributed by atoms with Gasteiger partial charge in [-0.15, -0.1) is 11.3 Å². The van der Waals surface area contributed by atoms with E-state index in [0.717, 1.165) is 10.4 Å². The molecule has 0 fully saturated rings. The SMILES string of the molecule is CN(CC(=O)NC(c1ccc(F)cc1)c1cccs1)Cc1ccccc1F. The molecular weight excluding hydrogens is 366 g/mol. The average molecular weight is 386 g/mol. The predicted molar refractivity (Wildman–Crippen MR) is 103 cm³/mol. The second-order valence-corrected chi connectivity index (χ2v) is 7.31. The topological polar surface area (TPSA) is 32.3 Å². The van der Waals surface area contributed by atoms with E-state index in [1.807, 2.05) is 17.5 Å². The molecule has 2 aromatic carbocycles. The summed E-state index contributed by atoms with van der Waals surface area (Å²) < 4.78 is 27.0. The maximum atomic E-state index is 13.8. The maximum absolute atomic E-state index is 13.8. The third kappa shape index (κ3) is 5.21. The molecule has 1 heterocycles. The largest absolute Gasteiger partial charge is 0.343 e. The number of rotatable bonds is 7. The summed E-state index contributed by atoms with van der Waals surface area (Å²) in [5.74, 6) is -0.788. The van der Waals surface area contributed by atoms with Crippen molar-refractivity contribution in [1.82, 2.24) is 10.2 Å². The zero-order chi connectivity index (χ0) is 19.2. The molecule has 0 saturated heterocycles. The van der Waals surface area contributed by atoms with E-state index in [0.29, 0.717) is 12.1 Å².